The lowest BCUT2D eigenvalue weighted by Crippen LogP contribution is -2.48. The average Bonchev–Trinajstić information content (AvgIpc) is 2.51. The third-order valence-electron chi connectivity index (χ3n) is 3.32. The van der Waals surface area contributed by atoms with Crippen molar-refractivity contribution in [2.45, 2.75) is 12.0 Å². The molecule has 0 spiro atoms. The predicted molar refractivity (Wildman–Crippen MR) is 76.7 cm³/mol. The zero-order chi connectivity index (χ0) is 15.3. The zero-order valence-corrected chi connectivity index (χ0v) is 11.6. The molecular formula is C15H18N2O4. The number of hydrogen-bond donors (Lipinski definition) is 3. The number of benzene rings is 1. The molecule has 1 unspecified atom stereocenters. The number of carbonyl (C=O) groups excluding carboxylic acids is 2. The third kappa shape index (κ3) is 3.41. The molecule has 1 aliphatic heterocycles. The number of nitrogens with one attached hydrogen (secondary N) is 2. The first-order valence-corrected chi connectivity index (χ1v) is 6.68. The largest absolute Gasteiger partial charge is 0.493 e. The van der Waals surface area contributed by atoms with E-state index in [-0.39, 0.29) is 13.1 Å². The van der Waals surface area contributed by atoms with Crippen LogP contribution in [0.3, 0.4) is 0 Å². The highest BCUT2D eigenvalue weighted by atomic mass is 16.5. The van der Waals surface area contributed by atoms with Gasteiger partial charge in [0.2, 0.25) is 0 Å². The van der Waals surface area contributed by atoms with E-state index < -0.39 is 17.4 Å². The highest BCUT2D eigenvalue weighted by Crippen LogP contribution is 2.36. The van der Waals surface area contributed by atoms with E-state index >= 15 is 0 Å². The Balaban J connectivity index is 2.01. The molecule has 0 aromatic heterocycles. The van der Waals surface area contributed by atoms with E-state index in [1.807, 2.05) is 6.07 Å². The van der Waals surface area contributed by atoms with Crippen LogP contribution in [0.2, 0.25) is 0 Å². The summed E-state index contributed by atoms with van der Waals surface area (Å²) in [4.78, 5) is 23.1. The smallest absolute Gasteiger partial charge is 0.309 e. The molecule has 1 aromatic carbocycles. The minimum Gasteiger partial charge on any atom is -0.493 e. The highest BCUT2D eigenvalue weighted by molar-refractivity contribution is 6.35. The summed E-state index contributed by atoms with van der Waals surface area (Å²) in [5, 5.41) is 15.5. The van der Waals surface area contributed by atoms with Gasteiger partial charge in [-0.3, -0.25) is 9.59 Å². The highest BCUT2D eigenvalue weighted by Gasteiger charge is 2.36. The van der Waals surface area contributed by atoms with Gasteiger partial charge < -0.3 is 20.5 Å². The number of carbonyl (C=O) groups is 2. The summed E-state index contributed by atoms with van der Waals surface area (Å²) in [6.45, 7) is 3.97. The van der Waals surface area contributed by atoms with Gasteiger partial charge in [0.25, 0.3) is 0 Å². The number of amides is 2. The van der Waals surface area contributed by atoms with E-state index in [2.05, 4.69) is 17.2 Å². The van der Waals surface area contributed by atoms with E-state index in [1.165, 1.54) is 6.08 Å². The summed E-state index contributed by atoms with van der Waals surface area (Å²) in [6, 6.07) is 7.11. The average molecular weight is 290 g/mol. The molecule has 6 nitrogen and oxygen atoms in total. The number of hydrogen-bond acceptors (Lipinski definition) is 4. The molecule has 0 bridgehead atoms. The van der Waals surface area contributed by atoms with Gasteiger partial charge in [0.1, 0.15) is 11.4 Å². The molecule has 112 valence electrons. The van der Waals surface area contributed by atoms with Gasteiger partial charge in [-0.05, 0) is 6.07 Å². The van der Waals surface area contributed by atoms with Crippen LogP contribution in [-0.4, -0.2) is 36.6 Å². The van der Waals surface area contributed by atoms with Crippen LogP contribution in [0.4, 0.5) is 0 Å². The van der Waals surface area contributed by atoms with E-state index in [0.29, 0.717) is 24.3 Å². The molecule has 1 aromatic rings. The molecule has 2 rings (SSSR count). The predicted octanol–water partition coefficient (Wildman–Crippen LogP) is 0.0751. The Morgan fingerprint density at radius 3 is 2.81 bits per heavy atom. The normalized spacial score (nSPS) is 19.9. The topological polar surface area (TPSA) is 87.7 Å². The van der Waals surface area contributed by atoms with Crippen LogP contribution in [-0.2, 0) is 15.2 Å². The summed E-state index contributed by atoms with van der Waals surface area (Å²) in [7, 11) is 0. The van der Waals surface area contributed by atoms with Crippen LogP contribution in [0.25, 0.3) is 0 Å². The maximum Gasteiger partial charge on any atom is 0.309 e. The van der Waals surface area contributed by atoms with Crippen molar-refractivity contribution in [3.8, 4) is 5.75 Å². The summed E-state index contributed by atoms with van der Waals surface area (Å²) >= 11 is 0. The Kier molecular flexibility index (Phi) is 4.59. The number of aliphatic hydroxyl groups is 1. The van der Waals surface area contributed by atoms with Crippen molar-refractivity contribution in [3.05, 3.63) is 42.5 Å². The quantitative estimate of drug-likeness (QED) is 0.541. The van der Waals surface area contributed by atoms with Crippen LogP contribution >= 0.6 is 0 Å². The molecule has 0 saturated carbocycles. The van der Waals surface area contributed by atoms with Crippen LogP contribution < -0.4 is 15.4 Å². The Hall–Kier alpha value is -2.34. The van der Waals surface area contributed by atoms with Gasteiger partial charge in [0.15, 0.2) is 0 Å². The number of fused-ring (bicyclic) bond motifs is 1. The van der Waals surface area contributed by atoms with E-state index in [0.717, 1.165) is 0 Å². The van der Waals surface area contributed by atoms with E-state index in [1.54, 1.807) is 18.2 Å². The van der Waals surface area contributed by atoms with Crippen LogP contribution in [0.1, 0.15) is 12.0 Å². The van der Waals surface area contributed by atoms with Crippen LogP contribution in [0.5, 0.6) is 5.75 Å². The van der Waals surface area contributed by atoms with Gasteiger partial charge >= 0.3 is 11.8 Å². The van der Waals surface area contributed by atoms with Gasteiger partial charge in [-0.1, -0.05) is 24.3 Å². The first kappa shape index (κ1) is 15.1. The molecule has 1 heterocycles. The summed E-state index contributed by atoms with van der Waals surface area (Å²) in [5.74, 6) is -0.940. The Labute approximate surface area is 122 Å². The molecule has 6 heteroatoms. The first-order chi connectivity index (χ1) is 10.1. The van der Waals surface area contributed by atoms with Crippen molar-refractivity contribution in [1.82, 2.24) is 10.6 Å². The lowest BCUT2D eigenvalue weighted by molar-refractivity contribution is -0.139. The second-order valence-electron chi connectivity index (χ2n) is 4.81. The fraction of sp³-hybridized carbons (Fsp3) is 0.333. The SMILES string of the molecule is C=CCNC(=O)C(=O)NCC1(O)CCOc2ccccc21. The minimum atomic E-state index is -1.23. The van der Waals surface area contributed by atoms with Gasteiger partial charge in [0.05, 0.1) is 13.2 Å². The Bertz CT molecular complexity index is 558. The number of rotatable bonds is 4. The summed E-state index contributed by atoms with van der Waals surface area (Å²) < 4.78 is 5.46. The van der Waals surface area contributed by atoms with Crippen molar-refractivity contribution in [2.24, 2.45) is 0 Å². The fourth-order valence-electron chi connectivity index (χ4n) is 2.18. The van der Waals surface area contributed by atoms with Crippen molar-refractivity contribution < 1.29 is 19.4 Å². The standard InChI is InChI=1S/C15H18N2O4/c1-2-8-16-13(18)14(19)17-10-15(20)7-9-21-12-6-4-3-5-11(12)15/h2-6,20H,1,7-10H2,(H,16,18)(H,17,19). The van der Waals surface area contributed by atoms with Gasteiger partial charge in [-0.25, -0.2) is 0 Å². The fourth-order valence-corrected chi connectivity index (χ4v) is 2.18. The number of ether oxygens (including phenoxy) is 1. The van der Waals surface area contributed by atoms with Crippen LogP contribution in [0.15, 0.2) is 36.9 Å². The van der Waals surface area contributed by atoms with Crippen molar-refractivity contribution in [3.63, 3.8) is 0 Å². The number of para-hydroxylation sites is 1. The zero-order valence-electron chi connectivity index (χ0n) is 11.6. The summed E-state index contributed by atoms with van der Waals surface area (Å²) in [5.41, 5.74) is -0.619. The Morgan fingerprint density at radius 2 is 2.05 bits per heavy atom. The molecule has 1 aliphatic rings. The van der Waals surface area contributed by atoms with Crippen LogP contribution in [0, 0.1) is 0 Å². The third-order valence-corrected chi connectivity index (χ3v) is 3.32. The molecule has 0 radical (unpaired) electrons. The molecule has 3 N–H and O–H groups in total. The minimum absolute atomic E-state index is 0.0479. The summed E-state index contributed by atoms with van der Waals surface area (Å²) in [6.07, 6.45) is 1.83. The lowest BCUT2D eigenvalue weighted by atomic mass is 9.88. The Morgan fingerprint density at radius 1 is 1.33 bits per heavy atom. The van der Waals surface area contributed by atoms with E-state index in [4.69, 9.17) is 4.74 Å². The molecule has 1 atom stereocenters. The molecule has 0 aliphatic carbocycles. The van der Waals surface area contributed by atoms with Gasteiger partial charge in [0, 0.05) is 18.5 Å². The molecule has 0 fully saturated rings. The van der Waals surface area contributed by atoms with E-state index in [9.17, 15) is 14.7 Å². The van der Waals surface area contributed by atoms with Gasteiger partial charge in [-0.2, -0.15) is 0 Å². The van der Waals surface area contributed by atoms with Gasteiger partial charge in [-0.15, -0.1) is 6.58 Å². The second-order valence-corrected chi connectivity index (χ2v) is 4.81. The van der Waals surface area contributed by atoms with Crippen molar-refractivity contribution in [1.29, 1.82) is 0 Å². The first-order valence-electron chi connectivity index (χ1n) is 6.68. The molecular weight excluding hydrogens is 272 g/mol. The lowest BCUT2D eigenvalue weighted by Gasteiger charge is -2.34. The monoisotopic (exact) mass is 290 g/mol. The molecule has 0 saturated heterocycles. The maximum absolute atomic E-state index is 11.6. The molecule has 2 amide bonds. The van der Waals surface area contributed by atoms with Crippen molar-refractivity contribution in [2.75, 3.05) is 19.7 Å². The second kappa shape index (κ2) is 6.41. The van der Waals surface area contributed by atoms with Crippen molar-refractivity contribution >= 4 is 11.8 Å². The maximum atomic E-state index is 11.6. The molecule has 21 heavy (non-hydrogen) atoms.